The molecule has 14 heteroatoms. The second-order valence-electron chi connectivity index (χ2n) is 13.0. The highest BCUT2D eigenvalue weighted by molar-refractivity contribution is 7.90. The van der Waals surface area contributed by atoms with E-state index in [-0.39, 0.29) is 10.8 Å². The van der Waals surface area contributed by atoms with Crippen molar-refractivity contribution in [3.05, 3.63) is 54.1 Å². The maximum atomic E-state index is 12.7. The molecule has 1 heterocycles. The van der Waals surface area contributed by atoms with Crippen molar-refractivity contribution in [1.29, 1.82) is 0 Å². The number of carbonyl (C=O) groups excluding carboxylic acids is 3. The molecule has 3 rings (SSSR count). The van der Waals surface area contributed by atoms with E-state index in [4.69, 9.17) is 15.2 Å². The Hall–Kier alpha value is -4.01. The third-order valence-electron chi connectivity index (χ3n) is 6.63. The number of amides is 3. The van der Waals surface area contributed by atoms with Crippen LogP contribution in [0, 0.1) is 5.41 Å². The Morgan fingerprint density at radius 1 is 0.913 bits per heavy atom. The summed E-state index contributed by atoms with van der Waals surface area (Å²) in [6.07, 6.45) is 0.553. The summed E-state index contributed by atoms with van der Waals surface area (Å²) in [4.78, 5) is 41.9. The Morgan fingerprint density at radius 2 is 1.50 bits per heavy atom. The first-order chi connectivity index (χ1) is 21.2. The van der Waals surface area contributed by atoms with Crippen LogP contribution < -0.4 is 21.7 Å². The Balaban J connectivity index is 1.78. The van der Waals surface area contributed by atoms with Crippen LogP contribution in [-0.4, -0.2) is 55.7 Å². The van der Waals surface area contributed by atoms with Gasteiger partial charge in [0.2, 0.25) is 5.91 Å². The molecular weight excluding hydrogens is 631 g/mol. The smallest absolute Gasteiger partial charge is 0.392 e. The number of alkyl carbamates (subject to hydrolysis) is 1. The molecule has 0 spiro atoms. The molecule has 3 amide bonds. The third-order valence-corrected chi connectivity index (χ3v) is 8.78. The van der Waals surface area contributed by atoms with Gasteiger partial charge in [-0.05, 0) is 56.9 Å². The number of rotatable bonds is 11. The predicted octanol–water partition coefficient (Wildman–Crippen LogP) is 5.68. The highest BCUT2D eigenvalue weighted by Gasteiger charge is 2.50. The van der Waals surface area contributed by atoms with E-state index in [1.54, 1.807) is 65.8 Å². The SMILES string of the molecule is CC(=O)Nc1nc(-c2ccc(CCCNC(OC(N)=O)(OC(=O)NC(C)(C)C)C(C)(C)C)cc2)c(-c2ccc(S(C)(=O)=O)cc2)s1. The summed E-state index contributed by atoms with van der Waals surface area (Å²) in [5.41, 5.74) is 7.18. The lowest BCUT2D eigenvalue weighted by Crippen LogP contribution is -2.63. The topological polar surface area (TPSA) is 179 Å². The standard InChI is InChI=1S/C32H43N5O7S2/c1-20(38)35-28-36-25(26(45-28)23-15-17-24(18-16-23)46(8,41)42)22-13-11-21(12-14-22)10-9-19-34-32(30(2,3)4,43-27(33)39)44-29(40)37-31(5,6)7/h11-18,34H,9-10,19H2,1-8H3,(H2,33,39)(H,37,40)(H,35,36,38). The number of nitrogens with zero attached hydrogens (tertiary/aromatic N) is 1. The van der Waals surface area contributed by atoms with Crippen molar-refractivity contribution in [2.24, 2.45) is 11.1 Å². The third kappa shape index (κ3) is 9.99. The summed E-state index contributed by atoms with van der Waals surface area (Å²) in [6.45, 7) is 12.4. The highest BCUT2D eigenvalue weighted by Crippen LogP contribution is 2.39. The molecule has 0 bridgehead atoms. The van der Waals surface area contributed by atoms with Crippen molar-refractivity contribution in [2.45, 2.75) is 77.7 Å². The maximum absolute atomic E-state index is 12.7. The Labute approximate surface area is 274 Å². The fourth-order valence-corrected chi connectivity index (χ4v) is 6.08. The molecule has 0 aliphatic carbocycles. The van der Waals surface area contributed by atoms with Gasteiger partial charge in [-0.3, -0.25) is 4.79 Å². The van der Waals surface area contributed by atoms with Crippen LogP contribution in [0.5, 0.6) is 0 Å². The molecule has 250 valence electrons. The average Bonchev–Trinajstić information content (AvgIpc) is 3.32. The zero-order valence-electron chi connectivity index (χ0n) is 27.4. The monoisotopic (exact) mass is 673 g/mol. The summed E-state index contributed by atoms with van der Waals surface area (Å²) in [6, 6.07) is 14.3. The first kappa shape index (κ1) is 36.5. The van der Waals surface area contributed by atoms with Crippen molar-refractivity contribution in [1.82, 2.24) is 15.6 Å². The zero-order valence-corrected chi connectivity index (χ0v) is 29.1. The van der Waals surface area contributed by atoms with Gasteiger partial charge < -0.3 is 25.8 Å². The van der Waals surface area contributed by atoms with Gasteiger partial charge in [0.15, 0.2) is 15.0 Å². The first-order valence-corrected chi connectivity index (χ1v) is 17.3. The van der Waals surface area contributed by atoms with Crippen molar-refractivity contribution in [3.8, 4) is 21.7 Å². The maximum Gasteiger partial charge on any atom is 0.411 e. The largest absolute Gasteiger partial charge is 0.411 e. The van der Waals surface area contributed by atoms with Crippen molar-refractivity contribution in [3.63, 3.8) is 0 Å². The number of aromatic nitrogens is 1. The van der Waals surface area contributed by atoms with Gasteiger partial charge >= 0.3 is 18.1 Å². The van der Waals surface area contributed by atoms with Crippen LogP contribution in [-0.2, 0) is 30.5 Å². The summed E-state index contributed by atoms with van der Waals surface area (Å²) in [5.74, 6) is -2.07. The zero-order chi connectivity index (χ0) is 34.5. The van der Waals surface area contributed by atoms with E-state index in [0.29, 0.717) is 30.2 Å². The van der Waals surface area contributed by atoms with Crippen LogP contribution in [0.2, 0.25) is 0 Å². The summed E-state index contributed by atoms with van der Waals surface area (Å²) >= 11 is 1.30. The molecule has 0 saturated heterocycles. The van der Waals surface area contributed by atoms with Crippen LogP contribution in [0.25, 0.3) is 21.7 Å². The van der Waals surface area contributed by atoms with Crippen molar-refractivity contribution >= 4 is 44.4 Å². The van der Waals surface area contributed by atoms with Gasteiger partial charge in [-0.2, -0.15) is 0 Å². The first-order valence-electron chi connectivity index (χ1n) is 14.6. The van der Waals surface area contributed by atoms with Crippen molar-refractivity contribution in [2.75, 3.05) is 18.1 Å². The van der Waals surface area contributed by atoms with E-state index >= 15 is 0 Å². The molecule has 0 radical (unpaired) electrons. The number of carbonyl (C=O) groups is 3. The van der Waals surface area contributed by atoms with Crippen LogP contribution in [0.15, 0.2) is 53.4 Å². The lowest BCUT2D eigenvalue weighted by atomic mass is 9.90. The molecule has 1 atom stereocenters. The predicted molar refractivity (Wildman–Crippen MR) is 179 cm³/mol. The number of anilines is 1. The van der Waals surface area contributed by atoms with Gasteiger partial charge in [0.25, 0.3) is 0 Å². The van der Waals surface area contributed by atoms with E-state index in [2.05, 4.69) is 20.9 Å². The molecular formula is C32H43N5O7S2. The number of thiazole rings is 1. The number of hydrogen-bond acceptors (Lipinski definition) is 10. The van der Waals surface area contributed by atoms with Gasteiger partial charge in [0.05, 0.1) is 20.9 Å². The number of ether oxygens (including phenoxy) is 2. The van der Waals surface area contributed by atoms with E-state index in [1.165, 1.54) is 18.3 Å². The number of benzene rings is 2. The minimum Gasteiger partial charge on any atom is -0.392 e. The summed E-state index contributed by atoms with van der Waals surface area (Å²) < 4.78 is 34.9. The fourth-order valence-electron chi connectivity index (χ4n) is 4.41. The molecule has 12 nitrogen and oxygen atoms in total. The number of nitrogens with two attached hydrogens (primary N) is 1. The second kappa shape index (κ2) is 14.2. The molecule has 0 fully saturated rings. The average molecular weight is 674 g/mol. The minimum absolute atomic E-state index is 0.212. The Kier molecular flexibility index (Phi) is 11.2. The number of primary amides is 1. The van der Waals surface area contributed by atoms with Crippen LogP contribution in [0.1, 0.15) is 60.5 Å². The molecule has 3 aromatic rings. The number of aryl methyl sites for hydroxylation is 1. The van der Waals surface area contributed by atoms with Gasteiger partial charge in [0, 0.05) is 30.8 Å². The van der Waals surface area contributed by atoms with Gasteiger partial charge in [-0.25, -0.2) is 28.3 Å². The summed E-state index contributed by atoms with van der Waals surface area (Å²) in [5, 5.41) is 8.97. The van der Waals surface area contributed by atoms with Crippen LogP contribution in [0.4, 0.5) is 14.7 Å². The molecule has 1 aromatic heterocycles. The number of nitrogens with one attached hydrogen (secondary N) is 3. The normalized spacial score (nSPS) is 13.4. The molecule has 5 N–H and O–H groups in total. The number of sulfone groups is 1. The van der Waals surface area contributed by atoms with Crippen LogP contribution >= 0.6 is 11.3 Å². The van der Waals surface area contributed by atoms with Gasteiger partial charge in [-0.1, -0.05) is 68.5 Å². The van der Waals surface area contributed by atoms with E-state index < -0.39 is 38.9 Å². The Bertz CT molecular complexity index is 1660. The van der Waals surface area contributed by atoms with Gasteiger partial charge in [-0.15, -0.1) is 0 Å². The fraction of sp³-hybridized carbons (Fsp3) is 0.438. The van der Waals surface area contributed by atoms with E-state index in [1.807, 2.05) is 24.3 Å². The van der Waals surface area contributed by atoms with Crippen LogP contribution in [0.3, 0.4) is 0 Å². The minimum atomic E-state index is -3.35. The highest BCUT2D eigenvalue weighted by atomic mass is 32.2. The molecule has 2 aromatic carbocycles. The van der Waals surface area contributed by atoms with E-state index in [0.717, 1.165) is 27.8 Å². The quantitative estimate of drug-likeness (QED) is 0.147. The molecule has 0 aliphatic rings. The molecule has 0 aliphatic heterocycles. The summed E-state index contributed by atoms with van der Waals surface area (Å²) in [7, 11) is -3.35. The molecule has 46 heavy (non-hydrogen) atoms. The lowest BCUT2D eigenvalue weighted by molar-refractivity contribution is -0.243. The number of hydrogen-bond donors (Lipinski definition) is 4. The second-order valence-corrected chi connectivity index (χ2v) is 16.0. The van der Waals surface area contributed by atoms with Gasteiger partial charge in [0.1, 0.15) is 0 Å². The molecule has 1 unspecified atom stereocenters. The van der Waals surface area contributed by atoms with Crippen molar-refractivity contribution < 1.29 is 32.3 Å². The Morgan fingerprint density at radius 3 is 2.00 bits per heavy atom. The van der Waals surface area contributed by atoms with E-state index in [9.17, 15) is 22.8 Å². The molecule has 0 saturated carbocycles. The lowest BCUT2D eigenvalue weighted by Gasteiger charge is -2.42.